The smallest absolute Gasteiger partial charge is 0.234 e. The Bertz CT molecular complexity index is 575. The van der Waals surface area contributed by atoms with Crippen LogP contribution in [0.25, 0.3) is 0 Å². The van der Waals surface area contributed by atoms with Gasteiger partial charge in [0.2, 0.25) is 5.91 Å². The molecule has 2 fully saturated rings. The fraction of sp³-hybridized carbons (Fsp3) is 0.471. The average Bonchev–Trinajstić information content (AvgIpc) is 2.93. The number of amides is 1. The molecule has 2 nitrogen and oxygen atoms in total. The molecule has 0 radical (unpaired) electrons. The maximum absolute atomic E-state index is 12.8. The highest BCUT2D eigenvalue weighted by molar-refractivity contribution is 14.1. The van der Waals surface area contributed by atoms with Gasteiger partial charge in [-0.2, -0.15) is 0 Å². The van der Waals surface area contributed by atoms with Crippen molar-refractivity contribution in [1.82, 2.24) is 0 Å². The quantitative estimate of drug-likeness (QED) is 0.588. The summed E-state index contributed by atoms with van der Waals surface area (Å²) in [4.78, 5) is 12.8. The molecule has 0 saturated heterocycles. The molecule has 2 saturated carbocycles. The van der Waals surface area contributed by atoms with Crippen molar-refractivity contribution in [2.24, 2.45) is 16.7 Å². The van der Waals surface area contributed by atoms with Gasteiger partial charge in [0.05, 0.1) is 5.41 Å². The van der Waals surface area contributed by atoms with Crippen LogP contribution in [0, 0.1) is 20.3 Å². The zero-order chi connectivity index (χ0) is 14.5. The summed E-state index contributed by atoms with van der Waals surface area (Å²) in [6.45, 7) is 8.75. The Kier molecular flexibility index (Phi) is 3.23. The van der Waals surface area contributed by atoms with E-state index in [9.17, 15) is 4.79 Å². The Morgan fingerprint density at radius 2 is 2.00 bits per heavy atom. The molecule has 106 valence electrons. The van der Waals surface area contributed by atoms with E-state index >= 15 is 0 Å². The highest BCUT2D eigenvalue weighted by Gasteiger charge is 2.60. The van der Waals surface area contributed by atoms with Crippen LogP contribution in [0.3, 0.4) is 0 Å². The maximum Gasteiger partial charge on any atom is 0.234 e. The van der Waals surface area contributed by atoms with Gasteiger partial charge >= 0.3 is 0 Å². The summed E-state index contributed by atoms with van der Waals surface area (Å²) in [6, 6.07) is 7.95. The first-order valence-corrected chi connectivity index (χ1v) is 8.21. The molecule has 2 atom stereocenters. The molecule has 1 N–H and O–H groups in total. The van der Waals surface area contributed by atoms with Crippen LogP contribution in [0.4, 0.5) is 5.69 Å². The number of anilines is 1. The number of carbonyl (C=O) groups excluding carboxylic acids is 1. The van der Waals surface area contributed by atoms with Gasteiger partial charge in [0.1, 0.15) is 0 Å². The summed E-state index contributed by atoms with van der Waals surface area (Å²) < 4.78 is 1.17. The number of benzene rings is 1. The number of hydrogen-bond acceptors (Lipinski definition) is 1. The fourth-order valence-corrected chi connectivity index (χ4v) is 4.29. The molecule has 0 unspecified atom stereocenters. The van der Waals surface area contributed by atoms with Crippen molar-refractivity contribution in [2.75, 3.05) is 5.32 Å². The number of hydrogen-bond donors (Lipinski definition) is 1. The standard InChI is InChI=1S/C17H20INO/c1-11-16(2,3)12-8-9-17(11,10-12)15(20)19-14-6-4-13(18)5-7-14/h4-7,12H,1,8-10H2,2-3H3,(H,19,20)/t12-,17+/m1/s1. The van der Waals surface area contributed by atoms with Gasteiger partial charge in [0, 0.05) is 9.26 Å². The Labute approximate surface area is 134 Å². The largest absolute Gasteiger partial charge is 0.325 e. The Morgan fingerprint density at radius 1 is 1.35 bits per heavy atom. The van der Waals surface area contributed by atoms with Gasteiger partial charge < -0.3 is 5.32 Å². The minimum absolute atomic E-state index is 0.0989. The lowest BCUT2D eigenvalue weighted by Crippen LogP contribution is -2.37. The molecule has 2 bridgehead atoms. The summed E-state index contributed by atoms with van der Waals surface area (Å²) in [7, 11) is 0. The van der Waals surface area contributed by atoms with E-state index in [0.717, 1.165) is 30.5 Å². The van der Waals surface area contributed by atoms with Gasteiger partial charge in [-0.15, -0.1) is 0 Å². The van der Waals surface area contributed by atoms with Crippen molar-refractivity contribution in [3.8, 4) is 0 Å². The van der Waals surface area contributed by atoms with Gasteiger partial charge in [0.15, 0.2) is 0 Å². The Balaban J connectivity index is 1.84. The van der Waals surface area contributed by atoms with Gasteiger partial charge in [-0.05, 0) is 77.5 Å². The molecule has 0 spiro atoms. The predicted octanol–water partition coefficient (Wildman–Crippen LogP) is 4.61. The highest BCUT2D eigenvalue weighted by Crippen LogP contribution is 2.65. The molecule has 2 aliphatic rings. The molecule has 2 aliphatic carbocycles. The summed E-state index contributed by atoms with van der Waals surface area (Å²) in [5, 5.41) is 3.09. The minimum Gasteiger partial charge on any atom is -0.325 e. The van der Waals surface area contributed by atoms with E-state index in [4.69, 9.17) is 0 Å². The molecule has 1 aromatic rings. The first-order chi connectivity index (χ1) is 9.36. The fourth-order valence-electron chi connectivity index (χ4n) is 3.93. The summed E-state index contributed by atoms with van der Waals surface area (Å²) in [5.74, 6) is 0.745. The van der Waals surface area contributed by atoms with Crippen LogP contribution in [0.2, 0.25) is 0 Å². The first kappa shape index (κ1) is 14.1. The van der Waals surface area contributed by atoms with E-state index in [0.29, 0.717) is 5.92 Å². The lowest BCUT2D eigenvalue weighted by molar-refractivity contribution is -0.123. The van der Waals surface area contributed by atoms with Crippen molar-refractivity contribution in [3.05, 3.63) is 40.0 Å². The molecule has 0 aliphatic heterocycles. The second kappa shape index (κ2) is 4.58. The molecular weight excluding hydrogens is 361 g/mol. The van der Waals surface area contributed by atoms with E-state index < -0.39 is 0 Å². The molecule has 0 heterocycles. The first-order valence-electron chi connectivity index (χ1n) is 7.13. The van der Waals surface area contributed by atoms with Gasteiger partial charge in [0.25, 0.3) is 0 Å². The van der Waals surface area contributed by atoms with Crippen LogP contribution in [0.1, 0.15) is 33.1 Å². The molecule has 3 heteroatoms. The molecule has 20 heavy (non-hydrogen) atoms. The van der Waals surface area contributed by atoms with Crippen LogP contribution in [-0.4, -0.2) is 5.91 Å². The molecule has 0 aromatic heterocycles. The molecule has 1 aromatic carbocycles. The van der Waals surface area contributed by atoms with Crippen LogP contribution < -0.4 is 5.32 Å². The van der Waals surface area contributed by atoms with Gasteiger partial charge in [-0.25, -0.2) is 0 Å². The monoisotopic (exact) mass is 381 g/mol. The van der Waals surface area contributed by atoms with Crippen molar-refractivity contribution in [3.63, 3.8) is 0 Å². The third-order valence-corrected chi connectivity index (χ3v) is 6.15. The van der Waals surface area contributed by atoms with E-state index in [1.807, 2.05) is 24.3 Å². The summed E-state index contributed by atoms with van der Waals surface area (Å²) in [5.41, 5.74) is 1.77. The second-order valence-corrected chi connectivity index (χ2v) is 7.93. The van der Waals surface area contributed by atoms with E-state index in [1.165, 1.54) is 3.57 Å². The van der Waals surface area contributed by atoms with E-state index in [2.05, 4.69) is 48.3 Å². The molecule has 3 rings (SSSR count). The van der Waals surface area contributed by atoms with E-state index in [1.54, 1.807) is 0 Å². The molecular formula is C17H20INO. The average molecular weight is 381 g/mol. The Morgan fingerprint density at radius 3 is 2.55 bits per heavy atom. The number of nitrogens with one attached hydrogen (secondary N) is 1. The second-order valence-electron chi connectivity index (χ2n) is 6.68. The van der Waals surface area contributed by atoms with Crippen molar-refractivity contribution >= 4 is 34.2 Å². The lowest BCUT2D eigenvalue weighted by atomic mass is 9.68. The zero-order valence-corrected chi connectivity index (χ0v) is 14.2. The van der Waals surface area contributed by atoms with Crippen LogP contribution in [0.5, 0.6) is 0 Å². The SMILES string of the molecule is C=C1C(C)(C)[C@@H]2CC[C@]1(C(=O)Nc1ccc(I)cc1)C2. The topological polar surface area (TPSA) is 29.1 Å². The number of fused-ring (bicyclic) bond motifs is 2. The highest BCUT2D eigenvalue weighted by atomic mass is 127. The third kappa shape index (κ3) is 1.93. The van der Waals surface area contributed by atoms with Crippen LogP contribution in [0.15, 0.2) is 36.4 Å². The van der Waals surface area contributed by atoms with Crippen molar-refractivity contribution < 1.29 is 4.79 Å². The lowest BCUT2D eigenvalue weighted by Gasteiger charge is -2.37. The number of rotatable bonds is 2. The van der Waals surface area contributed by atoms with E-state index in [-0.39, 0.29) is 16.7 Å². The number of carbonyl (C=O) groups is 1. The number of halogens is 1. The third-order valence-electron chi connectivity index (χ3n) is 5.43. The maximum atomic E-state index is 12.8. The summed E-state index contributed by atoms with van der Waals surface area (Å²) in [6.07, 6.45) is 3.07. The van der Waals surface area contributed by atoms with Crippen LogP contribution >= 0.6 is 22.6 Å². The van der Waals surface area contributed by atoms with Gasteiger partial charge in [-0.1, -0.05) is 26.0 Å². The van der Waals surface area contributed by atoms with Crippen molar-refractivity contribution in [2.45, 2.75) is 33.1 Å². The molecule has 1 amide bonds. The predicted molar refractivity (Wildman–Crippen MR) is 90.5 cm³/mol. The van der Waals surface area contributed by atoms with Crippen LogP contribution in [-0.2, 0) is 4.79 Å². The summed E-state index contributed by atoms with van der Waals surface area (Å²) >= 11 is 2.27. The minimum atomic E-state index is -0.336. The van der Waals surface area contributed by atoms with Crippen molar-refractivity contribution in [1.29, 1.82) is 0 Å². The Hall–Kier alpha value is -0.840. The normalized spacial score (nSPS) is 30.6. The van der Waals surface area contributed by atoms with Gasteiger partial charge in [-0.3, -0.25) is 4.79 Å². The zero-order valence-electron chi connectivity index (χ0n) is 12.0.